The van der Waals surface area contributed by atoms with Gasteiger partial charge < -0.3 is 15.0 Å². The van der Waals surface area contributed by atoms with E-state index in [1.54, 1.807) is 7.11 Å². The summed E-state index contributed by atoms with van der Waals surface area (Å²) in [5.41, 5.74) is 10.5. The van der Waals surface area contributed by atoms with Crippen LogP contribution < -0.4 is 10.5 Å². The third-order valence-electron chi connectivity index (χ3n) is 3.81. The number of anilines is 1. The van der Waals surface area contributed by atoms with Crippen LogP contribution in [0.25, 0.3) is 11.0 Å². The minimum atomic E-state index is 0.564. The van der Waals surface area contributed by atoms with Gasteiger partial charge in [0.05, 0.1) is 18.1 Å². The number of fused-ring (bicyclic) bond motifs is 1. The molecule has 3 aromatic rings. The summed E-state index contributed by atoms with van der Waals surface area (Å²) in [6.07, 6.45) is 0.855. The van der Waals surface area contributed by atoms with E-state index in [1.165, 1.54) is 5.56 Å². The van der Waals surface area contributed by atoms with Gasteiger partial charge in [0.15, 0.2) is 0 Å². The SMILES string of the molecule is COc1ccccc1CCn1c(N)nc2c(C)cccc21. The number of benzene rings is 2. The smallest absolute Gasteiger partial charge is 0.201 e. The van der Waals surface area contributed by atoms with Crippen LogP contribution in [0.5, 0.6) is 5.75 Å². The van der Waals surface area contributed by atoms with Crippen LogP contribution in [-0.2, 0) is 13.0 Å². The molecule has 0 amide bonds. The molecule has 21 heavy (non-hydrogen) atoms. The number of nitrogens with two attached hydrogens (primary N) is 1. The number of nitrogens with zero attached hydrogens (tertiary/aromatic N) is 2. The largest absolute Gasteiger partial charge is 0.496 e. The highest BCUT2D eigenvalue weighted by Crippen LogP contribution is 2.23. The van der Waals surface area contributed by atoms with E-state index in [9.17, 15) is 0 Å². The summed E-state index contributed by atoms with van der Waals surface area (Å²) in [5, 5.41) is 0. The van der Waals surface area contributed by atoms with Gasteiger partial charge in [0, 0.05) is 6.54 Å². The van der Waals surface area contributed by atoms with Gasteiger partial charge in [-0.15, -0.1) is 0 Å². The molecule has 3 rings (SSSR count). The molecular formula is C17H19N3O. The molecule has 0 aliphatic heterocycles. The predicted molar refractivity (Wildman–Crippen MR) is 85.6 cm³/mol. The number of aryl methyl sites for hydroxylation is 3. The zero-order valence-corrected chi connectivity index (χ0v) is 12.3. The second-order valence-corrected chi connectivity index (χ2v) is 5.13. The molecule has 2 aromatic carbocycles. The molecule has 108 valence electrons. The molecule has 4 heteroatoms. The van der Waals surface area contributed by atoms with Crippen molar-refractivity contribution in [3.05, 3.63) is 53.6 Å². The van der Waals surface area contributed by atoms with Gasteiger partial charge in [-0.1, -0.05) is 30.3 Å². The van der Waals surface area contributed by atoms with Crippen molar-refractivity contribution in [2.45, 2.75) is 19.9 Å². The summed E-state index contributed by atoms with van der Waals surface area (Å²) in [6, 6.07) is 14.2. The van der Waals surface area contributed by atoms with Gasteiger partial charge in [-0.25, -0.2) is 4.98 Å². The lowest BCUT2D eigenvalue weighted by Gasteiger charge is -2.10. The number of aromatic nitrogens is 2. The summed E-state index contributed by atoms with van der Waals surface area (Å²) < 4.78 is 7.46. The van der Waals surface area contributed by atoms with Crippen molar-refractivity contribution in [2.75, 3.05) is 12.8 Å². The number of ether oxygens (including phenoxy) is 1. The molecule has 0 radical (unpaired) electrons. The van der Waals surface area contributed by atoms with E-state index in [2.05, 4.69) is 34.7 Å². The number of imidazole rings is 1. The lowest BCUT2D eigenvalue weighted by Crippen LogP contribution is -2.06. The van der Waals surface area contributed by atoms with Crippen molar-refractivity contribution < 1.29 is 4.74 Å². The molecule has 2 N–H and O–H groups in total. The average Bonchev–Trinajstić information content (AvgIpc) is 2.83. The second-order valence-electron chi connectivity index (χ2n) is 5.13. The minimum absolute atomic E-state index is 0.564. The molecule has 0 aliphatic carbocycles. The third kappa shape index (κ3) is 2.44. The van der Waals surface area contributed by atoms with E-state index in [0.29, 0.717) is 5.95 Å². The highest BCUT2D eigenvalue weighted by molar-refractivity contribution is 5.81. The first-order chi connectivity index (χ1) is 10.2. The quantitative estimate of drug-likeness (QED) is 0.799. The van der Waals surface area contributed by atoms with Crippen molar-refractivity contribution in [3.63, 3.8) is 0 Å². The van der Waals surface area contributed by atoms with Crippen molar-refractivity contribution in [1.29, 1.82) is 0 Å². The Morgan fingerprint density at radius 2 is 1.95 bits per heavy atom. The molecule has 0 saturated carbocycles. The normalized spacial score (nSPS) is 11.0. The average molecular weight is 281 g/mol. The summed E-state index contributed by atoms with van der Waals surface area (Å²) >= 11 is 0. The Morgan fingerprint density at radius 1 is 1.14 bits per heavy atom. The van der Waals surface area contributed by atoms with E-state index in [4.69, 9.17) is 10.5 Å². The summed E-state index contributed by atoms with van der Waals surface area (Å²) in [4.78, 5) is 4.48. The lowest BCUT2D eigenvalue weighted by atomic mass is 10.1. The van der Waals surface area contributed by atoms with Crippen LogP contribution in [0.4, 0.5) is 5.95 Å². The maximum absolute atomic E-state index is 6.08. The predicted octanol–water partition coefficient (Wildman–Crippen LogP) is 3.18. The van der Waals surface area contributed by atoms with Crippen molar-refractivity contribution in [2.24, 2.45) is 0 Å². The number of rotatable bonds is 4. The van der Waals surface area contributed by atoms with Crippen LogP contribution in [0.2, 0.25) is 0 Å². The zero-order valence-electron chi connectivity index (χ0n) is 12.3. The Labute approximate surface area is 124 Å². The van der Waals surface area contributed by atoms with Gasteiger partial charge in [-0.2, -0.15) is 0 Å². The fourth-order valence-electron chi connectivity index (χ4n) is 2.68. The van der Waals surface area contributed by atoms with E-state index < -0.39 is 0 Å². The molecule has 0 bridgehead atoms. The molecule has 4 nitrogen and oxygen atoms in total. The second kappa shape index (κ2) is 5.48. The van der Waals surface area contributed by atoms with Crippen LogP contribution in [0.1, 0.15) is 11.1 Å². The van der Waals surface area contributed by atoms with Crippen molar-refractivity contribution in [1.82, 2.24) is 9.55 Å². The monoisotopic (exact) mass is 281 g/mol. The third-order valence-corrected chi connectivity index (χ3v) is 3.81. The Bertz CT molecular complexity index is 777. The van der Waals surface area contributed by atoms with Gasteiger partial charge in [0.1, 0.15) is 5.75 Å². The Hall–Kier alpha value is -2.49. The molecule has 0 saturated heterocycles. The van der Waals surface area contributed by atoms with Crippen molar-refractivity contribution >= 4 is 17.0 Å². The molecule has 0 aliphatic rings. The van der Waals surface area contributed by atoms with Crippen LogP contribution >= 0.6 is 0 Å². The Kier molecular flexibility index (Phi) is 3.52. The molecule has 0 spiro atoms. The van der Waals surface area contributed by atoms with Crippen molar-refractivity contribution in [3.8, 4) is 5.75 Å². The summed E-state index contributed by atoms with van der Waals surface area (Å²) in [7, 11) is 1.70. The number of nitrogen functional groups attached to an aromatic ring is 1. The lowest BCUT2D eigenvalue weighted by molar-refractivity contribution is 0.408. The number of methoxy groups -OCH3 is 1. The fourth-order valence-corrected chi connectivity index (χ4v) is 2.68. The number of hydrogen-bond acceptors (Lipinski definition) is 3. The summed E-state index contributed by atoms with van der Waals surface area (Å²) in [6.45, 7) is 2.84. The molecule has 0 fully saturated rings. The molecular weight excluding hydrogens is 262 g/mol. The number of hydrogen-bond donors (Lipinski definition) is 1. The maximum atomic E-state index is 6.08. The van der Waals surface area contributed by atoms with Gasteiger partial charge >= 0.3 is 0 Å². The van der Waals surface area contributed by atoms with Crippen LogP contribution in [0.3, 0.4) is 0 Å². The van der Waals surface area contributed by atoms with Gasteiger partial charge in [-0.3, -0.25) is 0 Å². The topological polar surface area (TPSA) is 53.1 Å². The first-order valence-corrected chi connectivity index (χ1v) is 7.04. The minimum Gasteiger partial charge on any atom is -0.496 e. The molecule has 1 aromatic heterocycles. The van der Waals surface area contributed by atoms with Crippen LogP contribution in [0, 0.1) is 6.92 Å². The first kappa shape index (κ1) is 13.5. The van der Waals surface area contributed by atoms with Gasteiger partial charge in [0.2, 0.25) is 5.95 Å². The summed E-state index contributed by atoms with van der Waals surface area (Å²) in [5.74, 6) is 1.48. The zero-order chi connectivity index (χ0) is 14.8. The fraction of sp³-hybridized carbons (Fsp3) is 0.235. The molecule has 0 unspecified atom stereocenters. The van der Waals surface area contributed by atoms with E-state index in [1.807, 2.05) is 24.3 Å². The van der Waals surface area contributed by atoms with Gasteiger partial charge in [-0.05, 0) is 36.6 Å². The first-order valence-electron chi connectivity index (χ1n) is 7.04. The standard InChI is InChI=1S/C17H19N3O/c1-12-6-5-8-14-16(12)19-17(18)20(14)11-10-13-7-3-4-9-15(13)21-2/h3-9H,10-11H2,1-2H3,(H2,18,19). The van der Waals surface area contributed by atoms with E-state index in [0.717, 1.165) is 35.3 Å². The van der Waals surface area contributed by atoms with Gasteiger partial charge in [0.25, 0.3) is 0 Å². The number of para-hydroxylation sites is 2. The Balaban J connectivity index is 1.92. The van der Waals surface area contributed by atoms with Crippen LogP contribution in [-0.4, -0.2) is 16.7 Å². The van der Waals surface area contributed by atoms with Crippen LogP contribution in [0.15, 0.2) is 42.5 Å². The van der Waals surface area contributed by atoms with E-state index in [-0.39, 0.29) is 0 Å². The molecule has 0 atom stereocenters. The highest BCUT2D eigenvalue weighted by Gasteiger charge is 2.10. The Morgan fingerprint density at radius 3 is 2.76 bits per heavy atom. The van der Waals surface area contributed by atoms with E-state index >= 15 is 0 Å². The molecule has 1 heterocycles. The maximum Gasteiger partial charge on any atom is 0.201 e. The highest BCUT2D eigenvalue weighted by atomic mass is 16.5.